The van der Waals surface area contributed by atoms with Gasteiger partial charge in [-0.1, -0.05) is 18.3 Å². The second-order valence-corrected chi connectivity index (χ2v) is 6.03. The van der Waals surface area contributed by atoms with Gasteiger partial charge >= 0.3 is 11.0 Å². The molecular formula is C12H10N2O5S2. The van der Waals surface area contributed by atoms with E-state index in [9.17, 15) is 19.7 Å². The Morgan fingerprint density at radius 1 is 1.43 bits per heavy atom. The van der Waals surface area contributed by atoms with Gasteiger partial charge in [0.2, 0.25) is 0 Å². The summed E-state index contributed by atoms with van der Waals surface area (Å²) in [6.07, 6.45) is 0.657. The van der Waals surface area contributed by atoms with Crippen molar-refractivity contribution in [2.24, 2.45) is 0 Å². The lowest BCUT2D eigenvalue weighted by Gasteiger charge is -2.01. The van der Waals surface area contributed by atoms with E-state index in [1.807, 2.05) is 6.92 Å². The first-order chi connectivity index (χ1) is 9.92. The zero-order valence-corrected chi connectivity index (χ0v) is 12.4. The van der Waals surface area contributed by atoms with Crippen LogP contribution in [-0.2, 0) is 6.42 Å². The van der Waals surface area contributed by atoms with Crippen LogP contribution in [0.15, 0.2) is 17.5 Å². The number of amides is 1. The second-order valence-electron chi connectivity index (χ2n) is 4.00. The van der Waals surface area contributed by atoms with Crippen LogP contribution >= 0.6 is 22.7 Å². The van der Waals surface area contributed by atoms with Crippen LogP contribution in [0.5, 0.6) is 0 Å². The monoisotopic (exact) mass is 326 g/mol. The lowest BCUT2D eigenvalue weighted by Crippen LogP contribution is -2.12. The SMILES string of the molecule is CCc1cc(C(=O)O)c(NC(=O)c2csc([N+](=O)[O-])c2)s1. The Balaban J connectivity index is 2.24. The number of aromatic carboxylic acids is 1. The van der Waals surface area contributed by atoms with E-state index in [1.165, 1.54) is 22.8 Å². The van der Waals surface area contributed by atoms with Gasteiger partial charge in [0, 0.05) is 16.3 Å². The molecule has 0 saturated heterocycles. The molecule has 0 spiro atoms. The van der Waals surface area contributed by atoms with Crippen molar-refractivity contribution in [2.75, 3.05) is 5.32 Å². The molecule has 0 radical (unpaired) electrons. The predicted octanol–water partition coefficient (Wildman–Crippen LogP) is 3.23. The molecule has 0 bridgehead atoms. The Bertz CT molecular complexity index is 719. The lowest BCUT2D eigenvalue weighted by molar-refractivity contribution is -0.380. The molecule has 2 rings (SSSR count). The fourth-order valence-electron chi connectivity index (χ4n) is 1.58. The molecule has 0 atom stereocenters. The van der Waals surface area contributed by atoms with Crippen molar-refractivity contribution in [3.63, 3.8) is 0 Å². The number of rotatable bonds is 5. The van der Waals surface area contributed by atoms with Crippen LogP contribution in [0, 0.1) is 10.1 Å². The first kappa shape index (κ1) is 15.1. The van der Waals surface area contributed by atoms with Crippen molar-refractivity contribution in [1.82, 2.24) is 0 Å². The van der Waals surface area contributed by atoms with E-state index in [4.69, 9.17) is 5.11 Å². The third-order valence-electron chi connectivity index (χ3n) is 2.62. The van der Waals surface area contributed by atoms with Crippen molar-refractivity contribution in [1.29, 1.82) is 0 Å². The molecule has 0 aromatic carbocycles. The maximum Gasteiger partial charge on any atom is 0.338 e. The van der Waals surface area contributed by atoms with E-state index in [0.29, 0.717) is 6.42 Å². The largest absolute Gasteiger partial charge is 0.478 e. The molecule has 2 heterocycles. The molecule has 7 nitrogen and oxygen atoms in total. The van der Waals surface area contributed by atoms with Gasteiger partial charge in [-0.15, -0.1) is 11.3 Å². The van der Waals surface area contributed by atoms with Gasteiger partial charge in [0.15, 0.2) is 0 Å². The number of nitrogens with one attached hydrogen (secondary N) is 1. The first-order valence-electron chi connectivity index (χ1n) is 5.82. The number of nitrogens with zero attached hydrogens (tertiary/aromatic N) is 1. The van der Waals surface area contributed by atoms with Gasteiger partial charge in [-0.05, 0) is 12.5 Å². The molecule has 21 heavy (non-hydrogen) atoms. The van der Waals surface area contributed by atoms with E-state index in [1.54, 1.807) is 0 Å². The van der Waals surface area contributed by atoms with Crippen molar-refractivity contribution < 1.29 is 19.6 Å². The summed E-state index contributed by atoms with van der Waals surface area (Å²) in [5, 5.41) is 23.6. The van der Waals surface area contributed by atoms with Crippen molar-refractivity contribution in [3.8, 4) is 0 Å². The molecule has 0 saturated carbocycles. The number of carboxylic acid groups (broad SMARTS) is 1. The summed E-state index contributed by atoms with van der Waals surface area (Å²) in [6, 6.07) is 2.67. The summed E-state index contributed by atoms with van der Waals surface area (Å²) >= 11 is 2.02. The highest BCUT2D eigenvalue weighted by Crippen LogP contribution is 2.30. The fourth-order valence-corrected chi connectivity index (χ4v) is 3.27. The van der Waals surface area contributed by atoms with E-state index in [-0.39, 0.29) is 21.1 Å². The average molecular weight is 326 g/mol. The van der Waals surface area contributed by atoms with Crippen LogP contribution in [0.1, 0.15) is 32.5 Å². The number of hydrogen-bond donors (Lipinski definition) is 2. The molecule has 0 unspecified atom stereocenters. The third kappa shape index (κ3) is 3.26. The first-order valence-corrected chi connectivity index (χ1v) is 7.52. The van der Waals surface area contributed by atoms with Crippen molar-refractivity contribution in [2.45, 2.75) is 13.3 Å². The summed E-state index contributed by atoms with van der Waals surface area (Å²) in [5.41, 5.74) is 0.157. The molecule has 2 aromatic heterocycles. The molecule has 0 aliphatic carbocycles. The summed E-state index contributed by atoms with van der Waals surface area (Å²) in [7, 11) is 0. The van der Waals surface area contributed by atoms with Gasteiger partial charge in [0.05, 0.1) is 16.1 Å². The topological polar surface area (TPSA) is 110 Å². The maximum atomic E-state index is 12.0. The van der Waals surface area contributed by atoms with E-state index in [2.05, 4.69) is 5.32 Å². The minimum absolute atomic E-state index is 0.0231. The highest BCUT2D eigenvalue weighted by molar-refractivity contribution is 7.16. The van der Waals surface area contributed by atoms with E-state index < -0.39 is 16.8 Å². The van der Waals surface area contributed by atoms with Gasteiger partial charge in [0.1, 0.15) is 5.00 Å². The van der Waals surface area contributed by atoms with Gasteiger partial charge in [-0.3, -0.25) is 14.9 Å². The minimum Gasteiger partial charge on any atom is -0.478 e. The molecule has 1 amide bonds. The van der Waals surface area contributed by atoms with Crippen LogP contribution in [0.2, 0.25) is 0 Å². The molecular weight excluding hydrogens is 316 g/mol. The third-order valence-corrected chi connectivity index (χ3v) is 4.69. The standard InChI is InChI=1S/C12H10N2O5S2/c1-2-7-4-8(12(16)17)11(21-7)13-10(15)6-3-9(14(18)19)20-5-6/h3-5H,2H2,1H3,(H,13,15)(H,16,17). The van der Waals surface area contributed by atoms with E-state index in [0.717, 1.165) is 22.3 Å². The zero-order valence-electron chi connectivity index (χ0n) is 10.8. The van der Waals surface area contributed by atoms with Gasteiger partial charge in [0.25, 0.3) is 5.91 Å². The van der Waals surface area contributed by atoms with Gasteiger partial charge < -0.3 is 10.4 Å². The quantitative estimate of drug-likeness (QED) is 0.647. The molecule has 2 N–H and O–H groups in total. The number of aryl methyl sites for hydroxylation is 1. The number of carbonyl (C=O) groups is 2. The Morgan fingerprint density at radius 3 is 2.67 bits per heavy atom. The zero-order chi connectivity index (χ0) is 15.6. The van der Waals surface area contributed by atoms with Crippen LogP contribution < -0.4 is 5.32 Å². The van der Waals surface area contributed by atoms with Crippen LogP contribution in [0.4, 0.5) is 10.0 Å². The predicted molar refractivity (Wildman–Crippen MR) is 79.6 cm³/mol. The van der Waals surface area contributed by atoms with Gasteiger partial charge in [-0.2, -0.15) is 0 Å². The summed E-state index contributed by atoms with van der Waals surface area (Å²) in [5.74, 6) is -1.69. The normalized spacial score (nSPS) is 10.3. The number of hydrogen-bond acceptors (Lipinski definition) is 6. The fraction of sp³-hybridized carbons (Fsp3) is 0.167. The smallest absolute Gasteiger partial charge is 0.338 e. The maximum absolute atomic E-state index is 12.0. The number of thiophene rings is 2. The molecule has 110 valence electrons. The highest BCUT2D eigenvalue weighted by Gasteiger charge is 2.19. The van der Waals surface area contributed by atoms with Crippen LogP contribution in [0.3, 0.4) is 0 Å². The van der Waals surface area contributed by atoms with Crippen LogP contribution in [-0.4, -0.2) is 21.9 Å². The highest BCUT2D eigenvalue weighted by atomic mass is 32.1. The molecule has 0 aliphatic rings. The van der Waals surface area contributed by atoms with E-state index >= 15 is 0 Å². The summed E-state index contributed by atoms with van der Waals surface area (Å²) < 4.78 is 0. The van der Waals surface area contributed by atoms with Gasteiger partial charge in [-0.25, -0.2) is 4.79 Å². The summed E-state index contributed by atoms with van der Waals surface area (Å²) in [4.78, 5) is 34.0. The number of carbonyl (C=O) groups excluding carboxylic acids is 1. The number of anilines is 1. The van der Waals surface area contributed by atoms with Crippen molar-refractivity contribution >= 4 is 44.6 Å². The molecule has 0 aliphatic heterocycles. The number of nitro groups is 1. The van der Waals surface area contributed by atoms with Crippen molar-refractivity contribution in [3.05, 3.63) is 43.6 Å². The number of carboxylic acids is 1. The Hall–Kier alpha value is -2.26. The molecule has 2 aromatic rings. The average Bonchev–Trinajstić information content (AvgIpc) is 3.04. The summed E-state index contributed by atoms with van der Waals surface area (Å²) in [6.45, 7) is 1.88. The lowest BCUT2D eigenvalue weighted by atomic mass is 10.2. The Morgan fingerprint density at radius 2 is 2.14 bits per heavy atom. The minimum atomic E-state index is -1.13. The van der Waals surface area contributed by atoms with Crippen LogP contribution in [0.25, 0.3) is 0 Å². The Kier molecular flexibility index (Phi) is 4.34. The molecule has 0 fully saturated rings. The second kappa shape index (κ2) is 6.02. The Labute approximate surface area is 127 Å². The molecule has 9 heteroatoms.